The molecule has 3 N–H and O–H groups in total. The molecule has 11 heteroatoms. The molecule has 4 aromatic rings. The lowest BCUT2D eigenvalue weighted by Crippen LogP contribution is -2.42. The molecule has 178 valence electrons. The molecule has 3 aromatic heterocycles. The molecule has 0 spiro atoms. The number of hydrogen-bond donors (Lipinski definition) is 3. The normalized spacial score (nSPS) is 18.8. The van der Waals surface area contributed by atoms with Crippen molar-refractivity contribution in [1.82, 2.24) is 25.1 Å². The fourth-order valence-corrected chi connectivity index (χ4v) is 5.08. The minimum Gasteiger partial charge on any atom is -0.374 e. The number of rotatable bonds is 6. The minimum absolute atomic E-state index is 0.0709. The number of aromatic amines is 1. The van der Waals surface area contributed by atoms with Gasteiger partial charge in [-0.05, 0) is 37.1 Å². The molecule has 2 atom stereocenters. The lowest BCUT2D eigenvalue weighted by atomic mass is 10.1. The minimum atomic E-state index is -0.247. The van der Waals surface area contributed by atoms with Crippen molar-refractivity contribution in [3.05, 3.63) is 58.9 Å². The van der Waals surface area contributed by atoms with Gasteiger partial charge in [0.25, 0.3) is 5.91 Å². The van der Waals surface area contributed by atoms with Crippen LogP contribution in [0.3, 0.4) is 0 Å². The number of morpholine rings is 1. The summed E-state index contributed by atoms with van der Waals surface area (Å²) >= 11 is 1.23. The van der Waals surface area contributed by atoms with Crippen LogP contribution in [0, 0.1) is 6.92 Å². The lowest BCUT2D eigenvalue weighted by Gasteiger charge is -2.26. The number of fused-ring (bicyclic) bond motifs is 2. The smallest absolute Gasteiger partial charge is 0.267 e. The van der Waals surface area contributed by atoms with Gasteiger partial charge in [-0.25, -0.2) is 9.97 Å². The third kappa shape index (κ3) is 4.35. The Bertz CT molecular complexity index is 1430. The van der Waals surface area contributed by atoms with Gasteiger partial charge in [0.2, 0.25) is 5.91 Å². The number of H-pyrrole nitrogens is 1. The predicted octanol–water partition coefficient (Wildman–Crippen LogP) is 3.26. The molecule has 1 aromatic carbocycles. The second-order valence-electron chi connectivity index (χ2n) is 8.69. The predicted molar refractivity (Wildman–Crippen MR) is 132 cm³/mol. The topological polar surface area (TPSA) is 125 Å². The van der Waals surface area contributed by atoms with E-state index < -0.39 is 0 Å². The van der Waals surface area contributed by atoms with Crippen molar-refractivity contribution in [1.29, 1.82) is 0 Å². The first-order chi connectivity index (χ1) is 17.0. The molecular formula is C24H23N7O3S. The number of hydrogen-bond acceptors (Lipinski definition) is 8. The van der Waals surface area contributed by atoms with Crippen molar-refractivity contribution in [3.8, 4) is 0 Å². The van der Waals surface area contributed by atoms with E-state index >= 15 is 0 Å². The summed E-state index contributed by atoms with van der Waals surface area (Å²) < 4.78 is 5.58. The quantitative estimate of drug-likeness (QED) is 0.380. The van der Waals surface area contributed by atoms with E-state index in [-0.39, 0.29) is 30.4 Å². The maximum absolute atomic E-state index is 12.9. The van der Waals surface area contributed by atoms with Crippen LogP contribution < -0.4 is 10.6 Å². The van der Waals surface area contributed by atoms with Crippen LogP contribution in [0.25, 0.3) is 10.9 Å². The van der Waals surface area contributed by atoms with Crippen molar-refractivity contribution in [3.63, 3.8) is 0 Å². The zero-order valence-electron chi connectivity index (χ0n) is 18.9. The summed E-state index contributed by atoms with van der Waals surface area (Å²) in [5, 5.41) is 14.5. The number of aryl methyl sites for hydroxylation is 1. The van der Waals surface area contributed by atoms with Crippen LogP contribution in [-0.4, -0.2) is 62.2 Å². The van der Waals surface area contributed by atoms with Gasteiger partial charge in [0, 0.05) is 11.9 Å². The summed E-state index contributed by atoms with van der Waals surface area (Å²) in [6, 6.07) is 9.59. The molecule has 35 heavy (non-hydrogen) atoms. The molecule has 4 heterocycles. The number of aromatic nitrogens is 4. The molecule has 1 aliphatic carbocycles. The highest BCUT2D eigenvalue weighted by Crippen LogP contribution is 2.34. The first-order valence-electron chi connectivity index (χ1n) is 11.4. The second-order valence-corrected chi connectivity index (χ2v) is 9.72. The molecule has 0 bridgehead atoms. The summed E-state index contributed by atoms with van der Waals surface area (Å²) in [6.07, 6.45) is 4.61. The first kappa shape index (κ1) is 21.7. The van der Waals surface area contributed by atoms with E-state index in [0.29, 0.717) is 34.7 Å². The van der Waals surface area contributed by atoms with Gasteiger partial charge < -0.3 is 20.3 Å². The van der Waals surface area contributed by atoms with Gasteiger partial charge in [-0.2, -0.15) is 5.10 Å². The summed E-state index contributed by atoms with van der Waals surface area (Å²) in [5.41, 5.74) is 3.20. The SMILES string of the molecule is Cc1ccc2[nH]ncc2c1NC(=O)c1cnc(Nc2cccc(CC(=O)N3CCOC4CC43)n2)s1. The van der Waals surface area contributed by atoms with E-state index in [0.717, 1.165) is 28.6 Å². The van der Waals surface area contributed by atoms with Crippen molar-refractivity contribution < 1.29 is 14.3 Å². The number of thiazole rings is 1. The highest BCUT2D eigenvalue weighted by atomic mass is 32.1. The van der Waals surface area contributed by atoms with E-state index in [4.69, 9.17) is 4.74 Å². The van der Waals surface area contributed by atoms with Crippen LogP contribution in [0.2, 0.25) is 0 Å². The molecule has 2 aliphatic rings. The first-order valence-corrected chi connectivity index (χ1v) is 12.2. The standard InChI is InChI=1S/C24H23N7O3S/c1-13-5-6-16-15(11-26-30-16)22(13)29-23(33)19-12-25-24(35-19)28-20-4-2-3-14(27-20)9-21(32)31-7-8-34-18-10-17(18)31/h2-6,11-12,17-18H,7-10H2,1H3,(H,26,30)(H,29,33)(H,25,27,28). The van der Waals surface area contributed by atoms with Gasteiger partial charge in [0.1, 0.15) is 10.7 Å². The Kier molecular flexibility index (Phi) is 5.42. The molecule has 0 radical (unpaired) electrons. The number of nitrogens with one attached hydrogen (secondary N) is 3. The summed E-state index contributed by atoms with van der Waals surface area (Å²) in [5.74, 6) is 0.395. The number of carbonyl (C=O) groups is 2. The van der Waals surface area contributed by atoms with E-state index in [2.05, 4.69) is 30.8 Å². The Morgan fingerprint density at radius 2 is 2.17 bits per heavy atom. The Balaban J connectivity index is 1.12. The van der Waals surface area contributed by atoms with Crippen LogP contribution in [0.15, 0.2) is 42.7 Å². The van der Waals surface area contributed by atoms with E-state index in [1.807, 2.05) is 42.2 Å². The van der Waals surface area contributed by atoms with Crippen LogP contribution in [0.4, 0.5) is 16.6 Å². The molecule has 10 nitrogen and oxygen atoms in total. The van der Waals surface area contributed by atoms with Gasteiger partial charge >= 0.3 is 0 Å². The molecule has 6 rings (SSSR count). The molecule has 1 aliphatic heterocycles. The van der Waals surface area contributed by atoms with Crippen molar-refractivity contribution in [2.45, 2.75) is 31.9 Å². The van der Waals surface area contributed by atoms with Crippen LogP contribution in [-0.2, 0) is 16.0 Å². The largest absolute Gasteiger partial charge is 0.374 e. The number of nitrogens with zero attached hydrogens (tertiary/aromatic N) is 4. The van der Waals surface area contributed by atoms with E-state index in [1.165, 1.54) is 17.5 Å². The van der Waals surface area contributed by atoms with Gasteiger partial charge in [-0.3, -0.25) is 14.7 Å². The van der Waals surface area contributed by atoms with E-state index in [9.17, 15) is 9.59 Å². The van der Waals surface area contributed by atoms with E-state index in [1.54, 1.807) is 6.20 Å². The third-order valence-corrected chi connectivity index (χ3v) is 7.17. The monoisotopic (exact) mass is 489 g/mol. The van der Waals surface area contributed by atoms with Crippen LogP contribution in [0.5, 0.6) is 0 Å². The van der Waals surface area contributed by atoms with Gasteiger partial charge in [-0.1, -0.05) is 23.5 Å². The number of benzene rings is 1. The number of anilines is 3. The number of amides is 2. The van der Waals surface area contributed by atoms with Crippen LogP contribution >= 0.6 is 11.3 Å². The molecule has 1 saturated heterocycles. The zero-order chi connectivity index (χ0) is 23.9. The number of pyridine rings is 1. The highest BCUT2D eigenvalue weighted by molar-refractivity contribution is 7.17. The molecular weight excluding hydrogens is 466 g/mol. The van der Waals surface area contributed by atoms with Crippen LogP contribution in [0.1, 0.15) is 27.3 Å². The fourth-order valence-electron chi connectivity index (χ4n) is 4.36. The Hall–Kier alpha value is -3.83. The maximum Gasteiger partial charge on any atom is 0.267 e. The van der Waals surface area contributed by atoms with Gasteiger partial charge in [-0.15, -0.1) is 0 Å². The Morgan fingerprint density at radius 3 is 3.09 bits per heavy atom. The Morgan fingerprint density at radius 1 is 1.26 bits per heavy atom. The second kappa shape index (κ2) is 8.75. The van der Waals surface area contributed by atoms with Crippen molar-refractivity contribution in [2.75, 3.05) is 23.8 Å². The van der Waals surface area contributed by atoms with Gasteiger partial charge in [0.05, 0.1) is 54.5 Å². The average Bonchev–Trinajstić information content (AvgIpc) is 3.25. The van der Waals surface area contributed by atoms with Crippen molar-refractivity contribution >= 4 is 50.7 Å². The summed E-state index contributed by atoms with van der Waals surface area (Å²) in [4.78, 5) is 36.9. The average molecular weight is 490 g/mol. The molecule has 1 saturated carbocycles. The lowest BCUT2D eigenvalue weighted by molar-refractivity contribution is -0.134. The third-order valence-electron chi connectivity index (χ3n) is 6.26. The Labute approximate surface area is 204 Å². The molecule has 2 amide bonds. The van der Waals surface area contributed by atoms with Crippen molar-refractivity contribution in [2.24, 2.45) is 0 Å². The maximum atomic E-state index is 12.9. The van der Waals surface area contributed by atoms with Gasteiger partial charge in [0.15, 0.2) is 5.13 Å². The summed E-state index contributed by atoms with van der Waals surface area (Å²) in [7, 11) is 0. The summed E-state index contributed by atoms with van der Waals surface area (Å²) in [6.45, 7) is 3.17. The number of ether oxygens (including phenoxy) is 1. The zero-order valence-corrected chi connectivity index (χ0v) is 19.8. The molecule has 2 unspecified atom stereocenters. The fraction of sp³-hybridized carbons (Fsp3) is 0.292. The number of carbonyl (C=O) groups excluding carboxylic acids is 2. The highest BCUT2D eigenvalue weighted by Gasteiger charge is 2.47. The molecule has 2 fully saturated rings.